The Morgan fingerprint density at radius 1 is 1.19 bits per heavy atom. The van der Waals surface area contributed by atoms with Crippen molar-refractivity contribution in [3.05, 3.63) is 0 Å². The van der Waals surface area contributed by atoms with Crippen molar-refractivity contribution in [2.45, 2.75) is 70.9 Å². The molecule has 1 aliphatic carbocycles. The van der Waals surface area contributed by atoms with Gasteiger partial charge in [-0.2, -0.15) is 0 Å². The maximum Gasteiger partial charge on any atom is 0.0594 e. The summed E-state index contributed by atoms with van der Waals surface area (Å²) in [5, 5.41) is 3.74. The predicted octanol–water partition coefficient (Wildman–Crippen LogP) is 3.29. The Morgan fingerprint density at radius 3 is 2.43 bits per heavy atom. The minimum Gasteiger partial charge on any atom is -0.379 e. The molecule has 4 unspecified atom stereocenters. The molecule has 2 rings (SSSR count). The van der Waals surface area contributed by atoms with Gasteiger partial charge >= 0.3 is 0 Å². The molecule has 124 valence electrons. The highest BCUT2D eigenvalue weighted by atomic mass is 16.5. The van der Waals surface area contributed by atoms with Crippen molar-refractivity contribution >= 4 is 0 Å². The largest absolute Gasteiger partial charge is 0.379 e. The Labute approximate surface area is 131 Å². The molecule has 1 aliphatic heterocycles. The summed E-state index contributed by atoms with van der Waals surface area (Å²) in [6.07, 6.45) is 8.25. The maximum absolute atomic E-state index is 5.58. The van der Waals surface area contributed by atoms with E-state index < -0.39 is 0 Å². The van der Waals surface area contributed by atoms with E-state index in [2.05, 4.69) is 38.0 Å². The molecule has 2 aliphatic rings. The maximum atomic E-state index is 5.58. The lowest BCUT2D eigenvalue weighted by Crippen LogP contribution is -2.64. The summed E-state index contributed by atoms with van der Waals surface area (Å²) < 4.78 is 5.58. The SMILES string of the molecule is CCC1CCCCC1C(NC)C(C)(CC)N1CCOCC1. The lowest BCUT2D eigenvalue weighted by molar-refractivity contribution is -0.0483. The zero-order valence-electron chi connectivity index (χ0n) is 14.7. The van der Waals surface area contributed by atoms with Crippen molar-refractivity contribution in [1.29, 1.82) is 0 Å². The monoisotopic (exact) mass is 296 g/mol. The molecule has 0 radical (unpaired) electrons. The minimum atomic E-state index is 0.258. The van der Waals surface area contributed by atoms with Crippen molar-refractivity contribution in [2.24, 2.45) is 11.8 Å². The van der Waals surface area contributed by atoms with Crippen LogP contribution >= 0.6 is 0 Å². The van der Waals surface area contributed by atoms with Crippen LogP contribution in [0.3, 0.4) is 0 Å². The Hall–Kier alpha value is -0.120. The van der Waals surface area contributed by atoms with Crippen molar-refractivity contribution in [2.75, 3.05) is 33.4 Å². The molecular weight excluding hydrogens is 260 g/mol. The number of likely N-dealkylation sites (N-methyl/N-ethyl adjacent to an activating group) is 1. The van der Waals surface area contributed by atoms with Gasteiger partial charge in [-0.15, -0.1) is 0 Å². The van der Waals surface area contributed by atoms with Gasteiger partial charge < -0.3 is 10.1 Å². The van der Waals surface area contributed by atoms with Crippen LogP contribution in [-0.2, 0) is 4.74 Å². The van der Waals surface area contributed by atoms with Crippen molar-refractivity contribution in [3.63, 3.8) is 0 Å². The van der Waals surface area contributed by atoms with E-state index in [1.807, 2.05) is 0 Å². The van der Waals surface area contributed by atoms with Crippen LogP contribution in [0.15, 0.2) is 0 Å². The quantitative estimate of drug-likeness (QED) is 0.814. The normalized spacial score (nSPS) is 32.6. The van der Waals surface area contributed by atoms with Crippen molar-refractivity contribution in [3.8, 4) is 0 Å². The molecule has 4 atom stereocenters. The van der Waals surface area contributed by atoms with E-state index in [0.29, 0.717) is 6.04 Å². The van der Waals surface area contributed by atoms with Gasteiger partial charge in [-0.1, -0.05) is 39.5 Å². The number of ether oxygens (including phenoxy) is 1. The Morgan fingerprint density at radius 2 is 1.86 bits per heavy atom. The Bertz CT molecular complexity index is 304. The second kappa shape index (κ2) is 7.94. The molecular formula is C18H36N2O. The molecule has 2 fully saturated rings. The number of rotatable bonds is 6. The van der Waals surface area contributed by atoms with Gasteiger partial charge in [-0.05, 0) is 38.6 Å². The predicted molar refractivity (Wildman–Crippen MR) is 89.7 cm³/mol. The third-order valence-corrected chi connectivity index (χ3v) is 6.35. The zero-order chi connectivity index (χ0) is 15.3. The molecule has 0 amide bonds. The fourth-order valence-electron chi connectivity index (χ4n) is 4.88. The number of nitrogens with one attached hydrogen (secondary N) is 1. The summed E-state index contributed by atoms with van der Waals surface area (Å²) in [6, 6.07) is 0.603. The van der Waals surface area contributed by atoms with E-state index in [4.69, 9.17) is 4.74 Å². The number of hydrogen-bond donors (Lipinski definition) is 1. The number of nitrogens with zero attached hydrogens (tertiary/aromatic N) is 1. The molecule has 1 saturated carbocycles. The minimum absolute atomic E-state index is 0.258. The molecule has 1 heterocycles. The highest BCUT2D eigenvalue weighted by Crippen LogP contribution is 2.40. The molecule has 1 N–H and O–H groups in total. The average molecular weight is 296 g/mol. The molecule has 0 aromatic rings. The fraction of sp³-hybridized carbons (Fsp3) is 1.00. The summed E-state index contributed by atoms with van der Waals surface area (Å²) in [4.78, 5) is 2.69. The van der Waals surface area contributed by atoms with E-state index in [1.165, 1.54) is 38.5 Å². The van der Waals surface area contributed by atoms with E-state index in [-0.39, 0.29) is 5.54 Å². The number of hydrogen-bond acceptors (Lipinski definition) is 3. The van der Waals surface area contributed by atoms with Crippen LogP contribution in [0.4, 0.5) is 0 Å². The van der Waals surface area contributed by atoms with E-state index in [1.54, 1.807) is 0 Å². The van der Waals surface area contributed by atoms with Crippen LogP contribution in [0.5, 0.6) is 0 Å². The lowest BCUT2D eigenvalue weighted by Gasteiger charge is -2.52. The van der Waals surface area contributed by atoms with Gasteiger partial charge in [0.05, 0.1) is 13.2 Å². The van der Waals surface area contributed by atoms with Crippen LogP contribution in [0.1, 0.15) is 59.3 Å². The third kappa shape index (κ3) is 3.62. The van der Waals surface area contributed by atoms with Crippen molar-refractivity contribution < 1.29 is 4.74 Å². The molecule has 0 spiro atoms. The van der Waals surface area contributed by atoms with Gasteiger partial charge in [0.25, 0.3) is 0 Å². The standard InChI is InChI=1S/C18H36N2O/c1-5-15-9-7-8-10-16(15)17(19-4)18(3,6-2)20-11-13-21-14-12-20/h15-17,19H,5-14H2,1-4H3. The van der Waals surface area contributed by atoms with Crippen LogP contribution in [0.2, 0.25) is 0 Å². The highest BCUT2D eigenvalue weighted by molar-refractivity contribution is 5.01. The Kier molecular flexibility index (Phi) is 6.51. The second-order valence-electron chi connectivity index (χ2n) is 7.19. The van der Waals surface area contributed by atoms with Crippen LogP contribution < -0.4 is 5.32 Å². The molecule has 0 aromatic heterocycles. The summed E-state index contributed by atoms with van der Waals surface area (Å²) >= 11 is 0. The van der Waals surface area contributed by atoms with Gasteiger partial charge in [-0.25, -0.2) is 0 Å². The first kappa shape index (κ1) is 17.2. The summed E-state index contributed by atoms with van der Waals surface area (Å²) in [6.45, 7) is 11.2. The highest BCUT2D eigenvalue weighted by Gasteiger charge is 2.44. The molecule has 0 aromatic carbocycles. The van der Waals surface area contributed by atoms with Crippen molar-refractivity contribution in [1.82, 2.24) is 10.2 Å². The molecule has 3 nitrogen and oxygen atoms in total. The van der Waals surface area contributed by atoms with E-state index in [0.717, 1.165) is 38.1 Å². The number of morpholine rings is 1. The van der Waals surface area contributed by atoms with E-state index in [9.17, 15) is 0 Å². The topological polar surface area (TPSA) is 24.5 Å². The third-order valence-electron chi connectivity index (χ3n) is 6.35. The first-order chi connectivity index (χ1) is 10.2. The van der Waals surface area contributed by atoms with Gasteiger partial charge in [-0.3, -0.25) is 4.90 Å². The lowest BCUT2D eigenvalue weighted by atomic mass is 9.67. The smallest absolute Gasteiger partial charge is 0.0594 e. The summed E-state index contributed by atoms with van der Waals surface area (Å²) in [7, 11) is 2.18. The van der Waals surface area contributed by atoms with Crippen LogP contribution in [0, 0.1) is 11.8 Å². The molecule has 0 bridgehead atoms. The molecule has 21 heavy (non-hydrogen) atoms. The Balaban J connectivity index is 2.18. The first-order valence-corrected chi connectivity index (χ1v) is 9.17. The fourth-order valence-corrected chi connectivity index (χ4v) is 4.88. The zero-order valence-corrected chi connectivity index (χ0v) is 14.7. The van der Waals surface area contributed by atoms with Gasteiger partial charge in [0.2, 0.25) is 0 Å². The first-order valence-electron chi connectivity index (χ1n) is 9.17. The van der Waals surface area contributed by atoms with Gasteiger partial charge in [0.1, 0.15) is 0 Å². The summed E-state index contributed by atoms with van der Waals surface area (Å²) in [5.41, 5.74) is 0.258. The molecule has 1 saturated heterocycles. The average Bonchev–Trinajstić information content (AvgIpc) is 2.56. The van der Waals surface area contributed by atoms with E-state index >= 15 is 0 Å². The second-order valence-corrected chi connectivity index (χ2v) is 7.19. The summed E-state index contributed by atoms with van der Waals surface area (Å²) in [5.74, 6) is 1.74. The van der Waals surface area contributed by atoms with Crippen LogP contribution in [-0.4, -0.2) is 49.8 Å². The van der Waals surface area contributed by atoms with Crippen LogP contribution in [0.25, 0.3) is 0 Å². The van der Waals surface area contributed by atoms with Gasteiger partial charge in [0.15, 0.2) is 0 Å². The molecule has 3 heteroatoms. The van der Waals surface area contributed by atoms with Gasteiger partial charge in [0, 0.05) is 24.7 Å².